The van der Waals surface area contributed by atoms with Crippen molar-refractivity contribution in [3.8, 4) is 0 Å². The van der Waals surface area contributed by atoms with Crippen LogP contribution in [0.5, 0.6) is 0 Å². The molecule has 0 rings (SSSR count). The first-order valence-corrected chi connectivity index (χ1v) is 9.44. The maximum Gasteiger partial charge on any atom is 0.581 e. The lowest BCUT2D eigenvalue weighted by Crippen LogP contribution is -2.29. The number of hydrogen-bond acceptors (Lipinski definition) is 4. The fraction of sp³-hybridized carbons (Fsp3) is 1.00. The van der Waals surface area contributed by atoms with E-state index in [0.29, 0.717) is 0 Å². The summed E-state index contributed by atoms with van der Waals surface area (Å²) in [5.41, 5.74) is 0. The van der Waals surface area contributed by atoms with Crippen molar-refractivity contribution in [3.05, 3.63) is 0 Å². The van der Waals surface area contributed by atoms with Crippen molar-refractivity contribution in [2.75, 3.05) is 0 Å². The highest BCUT2D eigenvalue weighted by Gasteiger charge is 2.60. The third kappa shape index (κ3) is 8.59. The Kier molecular flexibility index (Phi) is 9.04. The molecule has 20 heavy (non-hydrogen) atoms. The van der Waals surface area contributed by atoms with Crippen LogP contribution in [0.15, 0.2) is 0 Å². The monoisotopic (exact) mass is 429 g/mol. The first-order valence-electron chi connectivity index (χ1n) is 5.68. The molecule has 0 aromatic carbocycles. The summed E-state index contributed by atoms with van der Waals surface area (Å²) in [4.78, 5) is 10.3. The molecule has 0 heterocycles. The van der Waals surface area contributed by atoms with Gasteiger partial charge in [0.1, 0.15) is 0 Å². The standard InChI is InChI=1S/C9H16Cl6O4P/c1-4-7(10,11)17-20(16,18-8(12,13)5-2)19-9(14,15)6-3/h16H,4-6H2,1-3H3/q+1. The number of rotatable bonds is 9. The topological polar surface area (TPSA) is 47.9 Å². The molecule has 0 unspecified atom stereocenters. The molecule has 11 heteroatoms. The first-order chi connectivity index (χ1) is 8.80. The van der Waals surface area contributed by atoms with Crippen LogP contribution in [0, 0.1) is 0 Å². The molecule has 0 atom stereocenters. The third-order valence-corrected chi connectivity index (χ3v) is 6.32. The molecule has 4 nitrogen and oxygen atoms in total. The highest BCUT2D eigenvalue weighted by molar-refractivity contribution is 7.56. The smallest absolute Gasteiger partial charge is 0.167 e. The Labute approximate surface area is 149 Å². The minimum Gasteiger partial charge on any atom is -0.167 e. The summed E-state index contributed by atoms with van der Waals surface area (Å²) in [6, 6.07) is 0. The van der Waals surface area contributed by atoms with Crippen LogP contribution >= 0.6 is 77.8 Å². The van der Waals surface area contributed by atoms with Gasteiger partial charge in [-0.3, -0.25) is 0 Å². The van der Waals surface area contributed by atoms with Gasteiger partial charge in [0.15, 0.2) is 0 Å². The van der Waals surface area contributed by atoms with Crippen molar-refractivity contribution >= 4 is 77.8 Å². The Morgan fingerprint density at radius 3 is 1.05 bits per heavy atom. The predicted molar refractivity (Wildman–Crippen MR) is 86.6 cm³/mol. The van der Waals surface area contributed by atoms with Gasteiger partial charge in [-0.15, -0.1) is 13.6 Å². The van der Waals surface area contributed by atoms with Crippen LogP contribution in [-0.4, -0.2) is 18.5 Å². The summed E-state index contributed by atoms with van der Waals surface area (Å²) in [5, 5.41) is 0. The fourth-order valence-electron chi connectivity index (χ4n) is 0.756. The van der Waals surface area contributed by atoms with E-state index in [4.69, 9.17) is 83.2 Å². The lowest BCUT2D eigenvalue weighted by atomic mass is 10.5. The lowest BCUT2D eigenvalue weighted by molar-refractivity contribution is 0.0251. The zero-order valence-electron chi connectivity index (χ0n) is 11.0. The van der Waals surface area contributed by atoms with Gasteiger partial charge in [0.25, 0.3) is 13.6 Å². The number of alkyl halides is 6. The molecule has 0 amide bonds. The van der Waals surface area contributed by atoms with Crippen LogP contribution in [0.25, 0.3) is 0 Å². The van der Waals surface area contributed by atoms with Crippen LogP contribution in [-0.2, 0) is 13.6 Å². The molecule has 0 radical (unpaired) electrons. The van der Waals surface area contributed by atoms with E-state index < -0.39 is 21.7 Å². The molecular weight excluding hydrogens is 416 g/mol. The van der Waals surface area contributed by atoms with Gasteiger partial charge >= 0.3 is 8.17 Å². The van der Waals surface area contributed by atoms with E-state index in [0.717, 1.165) is 0 Å². The van der Waals surface area contributed by atoms with Gasteiger partial charge in [0.05, 0.1) is 0 Å². The molecular formula is C9H16Cl6O4P+. The molecule has 1 N–H and O–H groups in total. The molecule has 0 aliphatic heterocycles. The zero-order chi connectivity index (χ0) is 16.2. The van der Waals surface area contributed by atoms with Crippen LogP contribution < -0.4 is 0 Å². The van der Waals surface area contributed by atoms with Gasteiger partial charge < -0.3 is 0 Å². The second-order valence-electron chi connectivity index (χ2n) is 3.72. The van der Waals surface area contributed by atoms with E-state index in [9.17, 15) is 4.89 Å². The Morgan fingerprint density at radius 2 is 0.900 bits per heavy atom. The fourth-order valence-corrected chi connectivity index (χ4v) is 3.84. The van der Waals surface area contributed by atoms with Crippen molar-refractivity contribution in [1.82, 2.24) is 0 Å². The van der Waals surface area contributed by atoms with Crippen molar-refractivity contribution in [2.45, 2.75) is 53.6 Å². The molecule has 0 aromatic heterocycles. The number of halogens is 6. The van der Waals surface area contributed by atoms with E-state index in [2.05, 4.69) is 0 Å². The van der Waals surface area contributed by atoms with Gasteiger partial charge in [0, 0.05) is 19.3 Å². The summed E-state index contributed by atoms with van der Waals surface area (Å²) in [6.07, 6.45) is 0.371. The van der Waals surface area contributed by atoms with Crippen molar-refractivity contribution in [3.63, 3.8) is 0 Å². The van der Waals surface area contributed by atoms with Gasteiger partial charge in [0.2, 0.25) is 0 Å². The van der Waals surface area contributed by atoms with Gasteiger partial charge in [-0.2, -0.15) is 4.89 Å². The maximum atomic E-state index is 10.3. The van der Waals surface area contributed by atoms with E-state index in [1.807, 2.05) is 0 Å². The molecule has 0 bridgehead atoms. The second kappa shape index (κ2) is 8.21. The molecule has 0 spiro atoms. The van der Waals surface area contributed by atoms with Crippen LogP contribution in [0.2, 0.25) is 0 Å². The molecule has 0 fully saturated rings. The van der Waals surface area contributed by atoms with Gasteiger partial charge in [-0.1, -0.05) is 90.4 Å². The highest BCUT2D eigenvalue weighted by Crippen LogP contribution is 2.68. The summed E-state index contributed by atoms with van der Waals surface area (Å²) >= 11 is 35.0. The van der Waals surface area contributed by atoms with E-state index >= 15 is 0 Å². The third-order valence-electron chi connectivity index (χ3n) is 1.98. The van der Waals surface area contributed by atoms with Crippen LogP contribution in [0.4, 0.5) is 0 Å². The normalized spacial score (nSPS) is 14.7. The van der Waals surface area contributed by atoms with E-state index in [1.165, 1.54) is 0 Å². The Hall–Kier alpha value is 2.01. The predicted octanol–water partition coefficient (Wildman–Crippen LogP) is 6.33. The average Bonchev–Trinajstić information content (AvgIpc) is 2.26. The second-order valence-corrected chi connectivity index (χ2v) is 9.44. The van der Waals surface area contributed by atoms with Gasteiger partial charge in [-0.25, -0.2) is 0 Å². The number of hydrogen-bond donors (Lipinski definition) is 1. The van der Waals surface area contributed by atoms with E-state index in [-0.39, 0.29) is 19.3 Å². The quantitative estimate of drug-likeness (QED) is 0.342. The van der Waals surface area contributed by atoms with E-state index in [1.54, 1.807) is 20.8 Å². The maximum absolute atomic E-state index is 10.3. The SMILES string of the molecule is CCC(Cl)(Cl)O[P+](O)(OC(Cl)(Cl)CC)OC(Cl)(Cl)CC. The highest BCUT2D eigenvalue weighted by atomic mass is 35.5. The average molecular weight is 432 g/mol. The minimum atomic E-state index is -4.18. The Morgan fingerprint density at radius 1 is 0.700 bits per heavy atom. The summed E-state index contributed by atoms with van der Waals surface area (Å²) in [6.45, 7) is 4.85. The summed E-state index contributed by atoms with van der Waals surface area (Å²) in [7, 11) is -4.18. The first kappa shape index (κ1) is 22.0. The van der Waals surface area contributed by atoms with Crippen LogP contribution in [0.1, 0.15) is 40.0 Å². The molecule has 0 aliphatic carbocycles. The molecule has 0 aliphatic rings. The Balaban J connectivity index is 5.23. The molecule has 122 valence electrons. The zero-order valence-corrected chi connectivity index (χ0v) is 16.4. The lowest BCUT2D eigenvalue weighted by Gasteiger charge is -2.28. The molecule has 0 saturated carbocycles. The van der Waals surface area contributed by atoms with Crippen molar-refractivity contribution < 1.29 is 18.5 Å². The largest absolute Gasteiger partial charge is 0.581 e. The van der Waals surface area contributed by atoms with Crippen molar-refractivity contribution in [2.24, 2.45) is 0 Å². The summed E-state index contributed by atoms with van der Waals surface area (Å²) in [5.74, 6) is 0. The Bertz CT molecular complexity index is 269. The molecule has 0 aromatic rings. The van der Waals surface area contributed by atoms with Crippen molar-refractivity contribution in [1.29, 1.82) is 0 Å². The van der Waals surface area contributed by atoms with Gasteiger partial charge in [-0.05, 0) is 0 Å². The van der Waals surface area contributed by atoms with Crippen LogP contribution in [0.3, 0.4) is 0 Å². The molecule has 0 saturated heterocycles. The summed E-state index contributed by atoms with van der Waals surface area (Å²) < 4.78 is 9.86. The minimum absolute atomic E-state index is 0.124.